The van der Waals surface area contributed by atoms with Crippen molar-refractivity contribution in [3.8, 4) is 0 Å². The summed E-state index contributed by atoms with van der Waals surface area (Å²) in [6.45, 7) is 2.05. The number of pyridine rings is 1. The van der Waals surface area contributed by atoms with Crippen LogP contribution >= 0.6 is 0 Å². The van der Waals surface area contributed by atoms with E-state index >= 15 is 0 Å². The smallest absolute Gasteiger partial charge is 0.290 e. The van der Waals surface area contributed by atoms with Gasteiger partial charge in [-0.25, -0.2) is 4.98 Å². The van der Waals surface area contributed by atoms with Crippen molar-refractivity contribution in [1.29, 1.82) is 0 Å². The number of rotatable bonds is 4. The number of aliphatic hydroxyl groups is 1. The summed E-state index contributed by atoms with van der Waals surface area (Å²) in [4.78, 5) is 14.4. The summed E-state index contributed by atoms with van der Waals surface area (Å²) in [5.74, 6) is 0.571. The van der Waals surface area contributed by atoms with Gasteiger partial charge in [0.1, 0.15) is 11.5 Å². The predicted octanol–water partition coefficient (Wildman–Crippen LogP) is 2.41. The number of anilines is 1. The van der Waals surface area contributed by atoms with Crippen molar-refractivity contribution in [2.75, 3.05) is 11.9 Å². The number of nitrogens with one attached hydrogen (secondary N) is 1. The first-order valence-corrected chi connectivity index (χ1v) is 6.58. The van der Waals surface area contributed by atoms with E-state index in [0.29, 0.717) is 18.1 Å². The van der Waals surface area contributed by atoms with Gasteiger partial charge in [-0.2, -0.15) is 0 Å². The SMILES string of the molecule is Cc1nc(NCC2(O)CCCCC2)ccc1[N+](=O)[O-]. The Labute approximate surface area is 112 Å². The van der Waals surface area contributed by atoms with E-state index in [1.807, 2.05) is 0 Å². The van der Waals surface area contributed by atoms with E-state index in [4.69, 9.17) is 0 Å². The second-order valence-electron chi connectivity index (χ2n) is 5.20. The summed E-state index contributed by atoms with van der Waals surface area (Å²) < 4.78 is 0. The molecule has 0 radical (unpaired) electrons. The molecule has 2 N–H and O–H groups in total. The monoisotopic (exact) mass is 265 g/mol. The molecule has 0 atom stereocenters. The second kappa shape index (κ2) is 5.52. The summed E-state index contributed by atoms with van der Waals surface area (Å²) in [6, 6.07) is 3.02. The fourth-order valence-corrected chi connectivity index (χ4v) is 2.49. The molecule has 1 aliphatic rings. The van der Waals surface area contributed by atoms with Crippen LogP contribution in [-0.4, -0.2) is 27.2 Å². The average molecular weight is 265 g/mol. The number of hydrogen-bond acceptors (Lipinski definition) is 5. The van der Waals surface area contributed by atoms with Crippen LogP contribution in [0.1, 0.15) is 37.8 Å². The lowest BCUT2D eigenvalue weighted by molar-refractivity contribution is -0.385. The van der Waals surface area contributed by atoms with E-state index in [0.717, 1.165) is 25.7 Å². The van der Waals surface area contributed by atoms with Crippen molar-refractivity contribution in [3.63, 3.8) is 0 Å². The van der Waals surface area contributed by atoms with E-state index in [1.165, 1.54) is 12.5 Å². The van der Waals surface area contributed by atoms with Gasteiger partial charge in [0, 0.05) is 12.6 Å². The molecule has 0 unspecified atom stereocenters. The highest BCUT2D eigenvalue weighted by atomic mass is 16.6. The Bertz CT molecular complexity index is 470. The molecule has 1 aromatic rings. The van der Waals surface area contributed by atoms with Crippen LogP contribution in [0.5, 0.6) is 0 Å². The van der Waals surface area contributed by atoms with Crippen LogP contribution < -0.4 is 5.32 Å². The Balaban J connectivity index is 2.00. The molecule has 1 saturated carbocycles. The minimum absolute atomic E-state index is 0.0157. The quantitative estimate of drug-likeness (QED) is 0.644. The minimum atomic E-state index is -0.671. The summed E-state index contributed by atoms with van der Waals surface area (Å²) in [5, 5.41) is 24.1. The Kier molecular flexibility index (Phi) is 3.99. The van der Waals surface area contributed by atoms with Crippen molar-refractivity contribution in [2.45, 2.75) is 44.6 Å². The zero-order valence-electron chi connectivity index (χ0n) is 11.1. The molecule has 1 aliphatic carbocycles. The van der Waals surface area contributed by atoms with Crippen molar-refractivity contribution in [2.24, 2.45) is 0 Å². The van der Waals surface area contributed by atoms with E-state index in [9.17, 15) is 15.2 Å². The molecule has 0 bridgehead atoms. The van der Waals surface area contributed by atoms with Gasteiger partial charge >= 0.3 is 0 Å². The van der Waals surface area contributed by atoms with Gasteiger partial charge in [-0.05, 0) is 25.8 Å². The summed E-state index contributed by atoms with van der Waals surface area (Å²) in [6.07, 6.45) is 4.87. The molecule has 0 saturated heterocycles. The van der Waals surface area contributed by atoms with E-state index in [-0.39, 0.29) is 5.69 Å². The lowest BCUT2D eigenvalue weighted by Crippen LogP contribution is -2.38. The topological polar surface area (TPSA) is 88.3 Å². The molecule has 104 valence electrons. The Morgan fingerprint density at radius 1 is 1.42 bits per heavy atom. The third-order valence-electron chi connectivity index (χ3n) is 3.64. The van der Waals surface area contributed by atoms with Crippen LogP contribution in [0.2, 0.25) is 0 Å². The number of hydrogen-bond donors (Lipinski definition) is 2. The fourth-order valence-electron chi connectivity index (χ4n) is 2.49. The van der Waals surface area contributed by atoms with Crippen molar-refractivity contribution < 1.29 is 10.0 Å². The zero-order valence-corrected chi connectivity index (χ0v) is 11.1. The molecular weight excluding hydrogens is 246 g/mol. The first kappa shape index (κ1) is 13.7. The predicted molar refractivity (Wildman–Crippen MR) is 72.2 cm³/mol. The number of aryl methyl sites for hydroxylation is 1. The Morgan fingerprint density at radius 3 is 2.68 bits per heavy atom. The average Bonchev–Trinajstić information content (AvgIpc) is 2.37. The maximum atomic E-state index is 10.7. The maximum Gasteiger partial charge on any atom is 0.290 e. The third kappa shape index (κ3) is 3.41. The molecule has 6 heteroatoms. The molecule has 6 nitrogen and oxygen atoms in total. The van der Waals surface area contributed by atoms with Crippen LogP contribution in [0.25, 0.3) is 0 Å². The van der Waals surface area contributed by atoms with Crippen LogP contribution in [-0.2, 0) is 0 Å². The maximum absolute atomic E-state index is 10.7. The summed E-state index contributed by atoms with van der Waals surface area (Å²) in [7, 11) is 0. The van der Waals surface area contributed by atoms with Crippen molar-refractivity contribution >= 4 is 11.5 Å². The van der Waals surface area contributed by atoms with Gasteiger partial charge in [-0.3, -0.25) is 10.1 Å². The van der Waals surface area contributed by atoms with Gasteiger partial charge in [-0.1, -0.05) is 19.3 Å². The van der Waals surface area contributed by atoms with Crippen LogP contribution in [0.3, 0.4) is 0 Å². The molecule has 1 heterocycles. The van der Waals surface area contributed by atoms with Gasteiger partial charge in [0.25, 0.3) is 5.69 Å². The van der Waals surface area contributed by atoms with Crippen LogP contribution in [0, 0.1) is 17.0 Å². The van der Waals surface area contributed by atoms with Gasteiger partial charge < -0.3 is 10.4 Å². The molecule has 2 rings (SSSR count). The van der Waals surface area contributed by atoms with E-state index in [1.54, 1.807) is 13.0 Å². The molecule has 0 aromatic carbocycles. The Morgan fingerprint density at radius 2 is 2.11 bits per heavy atom. The highest BCUT2D eigenvalue weighted by Crippen LogP contribution is 2.28. The third-order valence-corrected chi connectivity index (χ3v) is 3.64. The van der Waals surface area contributed by atoms with E-state index in [2.05, 4.69) is 10.3 Å². The molecule has 0 spiro atoms. The Hall–Kier alpha value is -1.69. The van der Waals surface area contributed by atoms with E-state index < -0.39 is 10.5 Å². The van der Waals surface area contributed by atoms with Crippen molar-refractivity contribution in [1.82, 2.24) is 4.98 Å². The number of aromatic nitrogens is 1. The van der Waals surface area contributed by atoms with Gasteiger partial charge in [0.2, 0.25) is 0 Å². The molecular formula is C13H19N3O3. The summed E-state index contributed by atoms with van der Waals surface area (Å²) in [5.41, 5.74) is -0.275. The van der Waals surface area contributed by atoms with Crippen LogP contribution in [0.4, 0.5) is 11.5 Å². The lowest BCUT2D eigenvalue weighted by Gasteiger charge is -2.32. The highest BCUT2D eigenvalue weighted by Gasteiger charge is 2.28. The highest BCUT2D eigenvalue weighted by molar-refractivity contribution is 5.45. The molecule has 19 heavy (non-hydrogen) atoms. The first-order valence-electron chi connectivity index (χ1n) is 6.58. The van der Waals surface area contributed by atoms with Crippen molar-refractivity contribution in [3.05, 3.63) is 27.9 Å². The van der Waals surface area contributed by atoms with Gasteiger partial charge in [0.05, 0.1) is 10.5 Å². The van der Waals surface area contributed by atoms with Gasteiger partial charge in [-0.15, -0.1) is 0 Å². The molecule has 1 fully saturated rings. The molecule has 0 amide bonds. The standard InChI is InChI=1S/C13H19N3O3/c1-10-11(16(18)19)5-6-12(15-10)14-9-13(17)7-3-2-4-8-13/h5-6,17H,2-4,7-9H2,1H3,(H,14,15). The summed E-state index contributed by atoms with van der Waals surface area (Å²) >= 11 is 0. The normalized spacial score (nSPS) is 18.0. The largest absolute Gasteiger partial charge is 0.388 e. The fraction of sp³-hybridized carbons (Fsp3) is 0.615. The second-order valence-corrected chi connectivity index (χ2v) is 5.20. The minimum Gasteiger partial charge on any atom is -0.388 e. The van der Waals surface area contributed by atoms with Gasteiger partial charge in [0.15, 0.2) is 0 Å². The molecule has 1 aromatic heterocycles. The lowest BCUT2D eigenvalue weighted by atomic mass is 9.85. The molecule has 0 aliphatic heterocycles. The number of nitro groups is 1. The van der Waals surface area contributed by atoms with Crippen LogP contribution in [0.15, 0.2) is 12.1 Å². The first-order chi connectivity index (χ1) is 9.00. The number of nitrogens with zero attached hydrogens (tertiary/aromatic N) is 2. The zero-order chi connectivity index (χ0) is 13.9.